The van der Waals surface area contributed by atoms with Gasteiger partial charge >= 0.3 is 0 Å². The van der Waals surface area contributed by atoms with E-state index in [1.807, 2.05) is 6.92 Å². The van der Waals surface area contributed by atoms with Crippen molar-refractivity contribution in [2.24, 2.45) is 5.92 Å². The molecule has 0 saturated heterocycles. The number of unbranched alkanes of at least 4 members (excludes halogenated alkanes) is 2. The first-order valence-electron chi connectivity index (χ1n) is 5.46. The molecule has 1 N–H and O–H groups in total. The predicted molar refractivity (Wildman–Crippen MR) is 55.6 cm³/mol. The second-order valence-corrected chi connectivity index (χ2v) is 3.98. The summed E-state index contributed by atoms with van der Waals surface area (Å²) in [6, 6.07) is 0. The molecule has 0 aliphatic heterocycles. The smallest absolute Gasteiger partial charge is 0.154 e. The maximum absolute atomic E-state index is 9.08. The van der Waals surface area contributed by atoms with Crippen LogP contribution in [0.3, 0.4) is 0 Å². The van der Waals surface area contributed by atoms with Crippen molar-refractivity contribution in [2.45, 2.75) is 59.2 Å². The molecule has 0 fully saturated rings. The van der Waals surface area contributed by atoms with Crippen LogP contribution < -0.4 is 0 Å². The van der Waals surface area contributed by atoms with Gasteiger partial charge in [-0.25, -0.2) is 0 Å². The van der Waals surface area contributed by atoms with E-state index in [9.17, 15) is 0 Å². The Morgan fingerprint density at radius 3 is 2.38 bits per heavy atom. The van der Waals surface area contributed by atoms with E-state index in [1.54, 1.807) is 0 Å². The summed E-state index contributed by atoms with van der Waals surface area (Å²) < 4.78 is 5.15. The van der Waals surface area contributed by atoms with Crippen LogP contribution in [0.4, 0.5) is 0 Å². The van der Waals surface area contributed by atoms with E-state index >= 15 is 0 Å². The van der Waals surface area contributed by atoms with Crippen molar-refractivity contribution in [1.82, 2.24) is 0 Å². The van der Waals surface area contributed by atoms with Crippen molar-refractivity contribution in [3.05, 3.63) is 0 Å². The largest absolute Gasteiger partial charge is 0.368 e. The zero-order valence-electron chi connectivity index (χ0n) is 9.25. The van der Waals surface area contributed by atoms with Crippen LogP contribution in [0.1, 0.15) is 52.9 Å². The molecule has 1 atom stereocenters. The summed E-state index contributed by atoms with van der Waals surface area (Å²) in [6.07, 6.45) is 5.01. The van der Waals surface area contributed by atoms with Crippen LogP contribution in [0.15, 0.2) is 0 Å². The molecule has 1 unspecified atom stereocenters. The fourth-order valence-corrected chi connectivity index (χ4v) is 1.17. The third-order valence-corrected chi connectivity index (χ3v) is 2.09. The minimum Gasteiger partial charge on any atom is -0.368 e. The molecule has 0 bridgehead atoms. The minimum atomic E-state index is -0.551. The Balaban J connectivity index is 2.99. The Morgan fingerprint density at radius 1 is 1.15 bits per heavy atom. The Morgan fingerprint density at radius 2 is 1.85 bits per heavy atom. The van der Waals surface area contributed by atoms with E-state index in [4.69, 9.17) is 9.84 Å². The van der Waals surface area contributed by atoms with E-state index in [2.05, 4.69) is 13.8 Å². The molecule has 13 heavy (non-hydrogen) atoms. The molecule has 0 rings (SSSR count). The van der Waals surface area contributed by atoms with Gasteiger partial charge in [-0.15, -0.1) is 0 Å². The lowest BCUT2D eigenvalue weighted by Gasteiger charge is -2.09. The second-order valence-electron chi connectivity index (χ2n) is 3.98. The SMILES string of the molecule is CCC(O)OCCCCCC(C)C. The molecule has 0 aliphatic carbocycles. The fourth-order valence-electron chi connectivity index (χ4n) is 1.17. The molecule has 2 nitrogen and oxygen atoms in total. The maximum Gasteiger partial charge on any atom is 0.154 e. The average molecular weight is 188 g/mol. The van der Waals surface area contributed by atoms with Crippen LogP contribution in [0, 0.1) is 5.92 Å². The highest BCUT2D eigenvalue weighted by molar-refractivity contribution is 4.47. The minimum absolute atomic E-state index is 0.551. The van der Waals surface area contributed by atoms with Gasteiger partial charge in [0.05, 0.1) is 0 Å². The molecule has 80 valence electrons. The highest BCUT2D eigenvalue weighted by atomic mass is 16.6. The van der Waals surface area contributed by atoms with Crippen molar-refractivity contribution in [2.75, 3.05) is 6.61 Å². The van der Waals surface area contributed by atoms with Crippen molar-refractivity contribution < 1.29 is 9.84 Å². The molecular weight excluding hydrogens is 164 g/mol. The van der Waals surface area contributed by atoms with Gasteiger partial charge in [0.2, 0.25) is 0 Å². The molecule has 0 heterocycles. The lowest BCUT2D eigenvalue weighted by atomic mass is 10.1. The van der Waals surface area contributed by atoms with Gasteiger partial charge in [0.25, 0.3) is 0 Å². The van der Waals surface area contributed by atoms with Gasteiger partial charge in [-0.3, -0.25) is 0 Å². The van der Waals surface area contributed by atoms with Crippen molar-refractivity contribution in [1.29, 1.82) is 0 Å². The summed E-state index contributed by atoms with van der Waals surface area (Å²) >= 11 is 0. The first-order chi connectivity index (χ1) is 6.16. The van der Waals surface area contributed by atoms with E-state index in [-0.39, 0.29) is 0 Å². The number of hydrogen-bond acceptors (Lipinski definition) is 2. The van der Waals surface area contributed by atoms with E-state index in [0.29, 0.717) is 13.0 Å². The van der Waals surface area contributed by atoms with Gasteiger partial charge in [-0.05, 0) is 18.8 Å². The monoisotopic (exact) mass is 188 g/mol. The summed E-state index contributed by atoms with van der Waals surface area (Å²) in [5.41, 5.74) is 0. The average Bonchev–Trinajstić information content (AvgIpc) is 2.10. The molecule has 0 aliphatic rings. The molecule has 0 aromatic heterocycles. The number of ether oxygens (including phenoxy) is 1. The number of hydrogen-bond donors (Lipinski definition) is 1. The second kappa shape index (κ2) is 8.52. The van der Waals surface area contributed by atoms with Crippen LogP contribution >= 0.6 is 0 Å². The molecule has 0 aromatic rings. The zero-order valence-corrected chi connectivity index (χ0v) is 9.25. The van der Waals surface area contributed by atoms with E-state index < -0.39 is 6.29 Å². The van der Waals surface area contributed by atoms with Gasteiger partial charge in [-0.1, -0.05) is 40.0 Å². The molecule has 0 saturated carbocycles. The van der Waals surface area contributed by atoms with Crippen LogP contribution in [-0.4, -0.2) is 18.0 Å². The third-order valence-electron chi connectivity index (χ3n) is 2.09. The van der Waals surface area contributed by atoms with Gasteiger partial charge in [0, 0.05) is 6.61 Å². The predicted octanol–water partition coefficient (Wildman–Crippen LogP) is 2.95. The van der Waals surface area contributed by atoms with Crippen LogP contribution in [0.25, 0.3) is 0 Å². The molecule has 0 spiro atoms. The van der Waals surface area contributed by atoms with Crippen molar-refractivity contribution in [3.8, 4) is 0 Å². The van der Waals surface area contributed by atoms with E-state index in [0.717, 1.165) is 12.3 Å². The Kier molecular flexibility index (Phi) is 8.46. The van der Waals surface area contributed by atoms with Gasteiger partial charge < -0.3 is 9.84 Å². The highest BCUT2D eigenvalue weighted by Crippen LogP contribution is 2.08. The highest BCUT2D eigenvalue weighted by Gasteiger charge is 1.99. The number of aliphatic hydroxyl groups excluding tert-OH is 1. The Labute approximate surface area is 82.3 Å². The van der Waals surface area contributed by atoms with Gasteiger partial charge in [0.1, 0.15) is 0 Å². The maximum atomic E-state index is 9.08. The molecule has 0 aromatic carbocycles. The van der Waals surface area contributed by atoms with Crippen LogP contribution in [0.2, 0.25) is 0 Å². The molecular formula is C11H24O2. The van der Waals surface area contributed by atoms with Crippen LogP contribution in [0.5, 0.6) is 0 Å². The summed E-state index contributed by atoms with van der Waals surface area (Å²) in [7, 11) is 0. The number of rotatable bonds is 8. The Hall–Kier alpha value is -0.0800. The molecule has 0 radical (unpaired) electrons. The van der Waals surface area contributed by atoms with Gasteiger partial charge in [0.15, 0.2) is 6.29 Å². The van der Waals surface area contributed by atoms with E-state index in [1.165, 1.54) is 19.3 Å². The van der Waals surface area contributed by atoms with Crippen molar-refractivity contribution in [3.63, 3.8) is 0 Å². The fraction of sp³-hybridized carbons (Fsp3) is 1.00. The number of aliphatic hydroxyl groups is 1. The topological polar surface area (TPSA) is 29.5 Å². The van der Waals surface area contributed by atoms with Crippen LogP contribution in [-0.2, 0) is 4.74 Å². The lowest BCUT2D eigenvalue weighted by molar-refractivity contribution is -0.101. The standard InChI is InChI=1S/C11H24O2/c1-4-11(12)13-9-7-5-6-8-10(2)3/h10-12H,4-9H2,1-3H3. The molecule has 0 amide bonds. The first-order valence-corrected chi connectivity index (χ1v) is 5.46. The third kappa shape index (κ3) is 9.84. The summed E-state index contributed by atoms with van der Waals surface area (Å²) in [5.74, 6) is 0.808. The summed E-state index contributed by atoms with van der Waals surface area (Å²) in [4.78, 5) is 0. The first kappa shape index (κ1) is 12.9. The zero-order chi connectivity index (χ0) is 10.1. The quantitative estimate of drug-likeness (QED) is 0.469. The molecule has 2 heteroatoms. The van der Waals surface area contributed by atoms with Gasteiger partial charge in [-0.2, -0.15) is 0 Å². The summed E-state index contributed by atoms with van der Waals surface area (Å²) in [6.45, 7) is 7.12. The lowest BCUT2D eigenvalue weighted by Crippen LogP contribution is -2.10. The summed E-state index contributed by atoms with van der Waals surface area (Å²) in [5, 5.41) is 9.08. The normalized spacial score (nSPS) is 13.6. The van der Waals surface area contributed by atoms with Crippen molar-refractivity contribution >= 4 is 0 Å². The Bertz CT molecular complexity index is 102.